The third-order valence-corrected chi connectivity index (χ3v) is 2.45. The summed E-state index contributed by atoms with van der Waals surface area (Å²) >= 11 is 0. The average molecular weight is 236 g/mol. The molecule has 1 rings (SSSR count). The van der Waals surface area contributed by atoms with Crippen molar-refractivity contribution in [3.8, 4) is 0 Å². The zero-order valence-corrected chi connectivity index (χ0v) is 8.99. The molecule has 92 valence electrons. The van der Waals surface area contributed by atoms with Crippen LogP contribution in [0.1, 0.15) is 0 Å². The van der Waals surface area contributed by atoms with E-state index in [1.807, 2.05) is 0 Å². The van der Waals surface area contributed by atoms with Gasteiger partial charge in [0.15, 0.2) is 0 Å². The van der Waals surface area contributed by atoms with E-state index in [1.54, 1.807) is 4.90 Å². The number of piperazine rings is 1. The molecule has 1 saturated heterocycles. The predicted octanol–water partition coefficient (Wildman–Crippen LogP) is -0.431. The Morgan fingerprint density at radius 1 is 1.25 bits per heavy atom. The van der Waals surface area contributed by atoms with E-state index >= 15 is 0 Å². The fourth-order valence-electron chi connectivity index (χ4n) is 1.51. The summed E-state index contributed by atoms with van der Waals surface area (Å²) < 4.78 is 28.7. The predicted molar refractivity (Wildman–Crippen MR) is 51.0 cm³/mol. The Morgan fingerprint density at radius 3 is 2.25 bits per heavy atom. The average Bonchev–Trinajstić information content (AvgIpc) is 2.28. The van der Waals surface area contributed by atoms with Gasteiger partial charge in [0.1, 0.15) is 0 Å². The lowest BCUT2D eigenvalue weighted by Gasteiger charge is -2.33. The number of methoxy groups -OCH3 is 1. The van der Waals surface area contributed by atoms with Gasteiger partial charge in [-0.1, -0.05) is 0 Å². The monoisotopic (exact) mass is 236 g/mol. The number of hydrogen-bond donors (Lipinski definition) is 0. The number of amides is 1. The minimum Gasteiger partial charge on any atom is -0.468 e. The summed E-state index contributed by atoms with van der Waals surface area (Å²) in [5.41, 5.74) is 0. The molecule has 0 aromatic rings. The van der Waals surface area contributed by atoms with E-state index in [-0.39, 0.29) is 25.6 Å². The lowest BCUT2D eigenvalue weighted by Crippen LogP contribution is -2.51. The van der Waals surface area contributed by atoms with Crippen LogP contribution in [-0.2, 0) is 14.3 Å². The van der Waals surface area contributed by atoms with E-state index in [2.05, 4.69) is 4.74 Å². The van der Waals surface area contributed by atoms with Gasteiger partial charge in [-0.2, -0.15) is 8.78 Å². The number of esters is 1. The minimum absolute atomic E-state index is 0.132. The van der Waals surface area contributed by atoms with Crippen LogP contribution in [0, 0.1) is 0 Å². The van der Waals surface area contributed by atoms with Gasteiger partial charge >= 0.3 is 12.4 Å². The Labute approximate surface area is 91.9 Å². The second kappa shape index (κ2) is 5.74. The van der Waals surface area contributed by atoms with Crippen molar-refractivity contribution in [1.82, 2.24) is 9.80 Å². The van der Waals surface area contributed by atoms with E-state index < -0.39 is 12.3 Å². The maximum atomic E-state index is 12.1. The molecule has 1 aliphatic heterocycles. The molecule has 0 aliphatic carbocycles. The highest BCUT2D eigenvalue weighted by Gasteiger charge is 2.27. The number of ether oxygens (including phenoxy) is 1. The Bertz CT molecular complexity index is 265. The van der Waals surface area contributed by atoms with Crippen LogP contribution in [0.25, 0.3) is 0 Å². The molecule has 5 nitrogen and oxygen atoms in total. The molecular weight excluding hydrogens is 222 g/mol. The Kier molecular flexibility index (Phi) is 4.60. The van der Waals surface area contributed by atoms with E-state index in [4.69, 9.17) is 0 Å². The first-order valence-electron chi connectivity index (χ1n) is 4.90. The normalized spacial score (nSPS) is 17.6. The number of halogens is 2. The molecule has 16 heavy (non-hydrogen) atoms. The molecule has 0 atom stereocenters. The van der Waals surface area contributed by atoms with Crippen molar-refractivity contribution in [1.29, 1.82) is 0 Å². The minimum atomic E-state index is -2.95. The summed E-state index contributed by atoms with van der Waals surface area (Å²) in [6.45, 7) is 1.40. The molecule has 1 heterocycles. The molecule has 0 saturated carbocycles. The van der Waals surface area contributed by atoms with Gasteiger partial charge in [0.05, 0.1) is 13.7 Å². The highest BCUT2D eigenvalue weighted by molar-refractivity contribution is 5.79. The highest BCUT2D eigenvalue weighted by Crippen LogP contribution is 2.06. The van der Waals surface area contributed by atoms with Crippen LogP contribution in [0.3, 0.4) is 0 Å². The van der Waals surface area contributed by atoms with Gasteiger partial charge in [-0.25, -0.2) is 0 Å². The summed E-state index contributed by atoms with van der Waals surface area (Å²) in [5.74, 6) is -1.51. The van der Waals surface area contributed by atoms with Crippen molar-refractivity contribution in [2.24, 2.45) is 0 Å². The van der Waals surface area contributed by atoms with Crippen molar-refractivity contribution >= 4 is 11.9 Å². The molecule has 1 fully saturated rings. The molecule has 1 aliphatic rings. The summed E-state index contributed by atoms with van der Waals surface area (Å²) in [5, 5.41) is 0. The number of alkyl halides is 2. The molecular formula is C9H14F2N2O3. The van der Waals surface area contributed by atoms with E-state index in [0.717, 1.165) is 4.90 Å². The summed E-state index contributed by atoms with van der Waals surface area (Å²) in [7, 11) is 1.29. The van der Waals surface area contributed by atoms with Crippen LogP contribution < -0.4 is 0 Å². The molecule has 0 aromatic carbocycles. The molecule has 0 aromatic heterocycles. The fourth-order valence-corrected chi connectivity index (χ4v) is 1.51. The van der Waals surface area contributed by atoms with Crippen LogP contribution in [0.5, 0.6) is 0 Å². The van der Waals surface area contributed by atoms with Crippen LogP contribution in [0.4, 0.5) is 8.78 Å². The molecule has 0 bridgehead atoms. The second-order valence-corrected chi connectivity index (χ2v) is 3.48. The maximum Gasteiger partial charge on any atom is 0.319 e. The van der Waals surface area contributed by atoms with Gasteiger partial charge < -0.3 is 9.64 Å². The third kappa shape index (κ3) is 3.41. The summed E-state index contributed by atoms with van der Waals surface area (Å²) in [6.07, 6.45) is -2.95. The zero-order chi connectivity index (χ0) is 12.1. The SMILES string of the molecule is COC(=O)CN1CCN(C(=O)C(F)F)CC1. The number of nitrogens with zero attached hydrogens (tertiary/aromatic N) is 2. The lowest BCUT2D eigenvalue weighted by atomic mass is 10.3. The van der Waals surface area contributed by atoms with Gasteiger partial charge in [-0.15, -0.1) is 0 Å². The number of carbonyl (C=O) groups is 2. The van der Waals surface area contributed by atoms with Crippen molar-refractivity contribution in [2.45, 2.75) is 6.43 Å². The molecule has 1 amide bonds. The van der Waals surface area contributed by atoms with Crippen molar-refractivity contribution in [3.05, 3.63) is 0 Å². The molecule has 0 spiro atoms. The Morgan fingerprint density at radius 2 is 1.81 bits per heavy atom. The van der Waals surface area contributed by atoms with Crippen molar-refractivity contribution in [3.63, 3.8) is 0 Å². The van der Waals surface area contributed by atoms with Crippen LogP contribution in [-0.4, -0.2) is 67.9 Å². The standard InChI is InChI=1S/C9H14F2N2O3/c1-16-7(14)6-12-2-4-13(5-3-12)9(15)8(10)11/h8H,2-6H2,1H3. The smallest absolute Gasteiger partial charge is 0.319 e. The lowest BCUT2D eigenvalue weighted by molar-refractivity contribution is -0.146. The van der Waals surface area contributed by atoms with Crippen LogP contribution in [0.15, 0.2) is 0 Å². The van der Waals surface area contributed by atoms with Crippen LogP contribution in [0.2, 0.25) is 0 Å². The van der Waals surface area contributed by atoms with Gasteiger partial charge in [0.25, 0.3) is 5.91 Å². The largest absolute Gasteiger partial charge is 0.468 e. The van der Waals surface area contributed by atoms with Gasteiger partial charge in [0, 0.05) is 26.2 Å². The molecule has 7 heteroatoms. The highest BCUT2D eigenvalue weighted by atomic mass is 19.3. The van der Waals surface area contributed by atoms with E-state index in [1.165, 1.54) is 7.11 Å². The Balaban J connectivity index is 2.34. The van der Waals surface area contributed by atoms with E-state index in [0.29, 0.717) is 13.1 Å². The number of carbonyl (C=O) groups excluding carboxylic acids is 2. The first-order chi connectivity index (χ1) is 7.54. The van der Waals surface area contributed by atoms with Crippen molar-refractivity contribution < 1.29 is 23.1 Å². The number of hydrogen-bond acceptors (Lipinski definition) is 4. The second-order valence-electron chi connectivity index (χ2n) is 3.48. The first kappa shape index (κ1) is 12.8. The van der Waals surface area contributed by atoms with Crippen molar-refractivity contribution in [2.75, 3.05) is 39.8 Å². The maximum absolute atomic E-state index is 12.1. The quantitative estimate of drug-likeness (QED) is 0.624. The van der Waals surface area contributed by atoms with E-state index in [9.17, 15) is 18.4 Å². The van der Waals surface area contributed by atoms with Gasteiger partial charge in [-0.3, -0.25) is 14.5 Å². The van der Waals surface area contributed by atoms with Gasteiger partial charge in [-0.05, 0) is 0 Å². The topological polar surface area (TPSA) is 49.9 Å². The molecule has 0 radical (unpaired) electrons. The summed E-state index contributed by atoms with van der Waals surface area (Å²) in [4.78, 5) is 24.8. The first-order valence-corrected chi connectivity index (χ1v) is 4.90. The molecule has 0 N–H and O–H groups in total. The fraction of sp³-hybridized carbons (Fsp3) is 0.778. The number of rotatable bonds is 3. The summed E-state index contributed by atoms with van der Waals surface area (Å²) in [6, 6.07) is 0. The molecule has 0 unspecified atom stereocenters. The third-order valence-electron chi connectivity index (χ3n) is 2.45. The van der Waals surface area contributed by atoms with Gasteiger partial charge in [0.2, 0.25) is 0 Å². The Hall–Kier alpha value is -1.24. The van der Waals surface area contributed by atoms with Crippen LogP contribution >= 0.6 is 0 Å². The zero-order valence-electron chi connectivity index (χ0n) is 8.99.